The minimum Gasteiger partial charge on any atom is -0.387 e. The Balaban J connectivity index is 1.64. The Kier molecular flexibility index (Phi) is 5.78. The molecule has 0 amide bonds. The van der Waals surface area contributed by atoms with E-state index < -0.39 is 56.2 Å². The molecule has 0 radical (unpaired) electrons. The molecule has 12 heteroatoms. The van der Waals surface area contributed by atoms with Crippen LogP contribution in [0.3, 0.4) is 0 Å². The summed E-state index contributed by atoms with van der Waals surface area (Å²) < 4.78 is 21.3. The Morgan fingerprint density at radius 2 is 1.83 bits per heavy atom. The van der Waals surface area contributed by atoms with Crippen LogP contribution < -0.4 is 5.73 Å². The van der Waals surface area contributed by atoms with Crippen LogP contribution in [0.25, 0.3) is 0 Å². The summed E-state index contributed by atoms with van der Waals surface area (Å²) in [4.78, 5) is 23.9. The van der Waals surface area contributed by atoms with Crippen molar-refractivity contribution in [3.8, 4) is 0 Å². The Morgan fingerprint density at radius 3 is 2.53 bits per heavy atom. The van der Waals surface area contributed by atoms with E-state index in [4.69, 9.17) is 20.3 Å². The largest absolute Gasteiger partial charge is 0.469 e. The molecule has 11 nitrogen and oxygen atoms in total. The number of aliphatic imine (C=N–C) groups is 1. The van der Waals surface area contributed by atoms with Gasteiger partial charge in [-0.2, -0.15) is 0 Å². The minimum atomic E-state index is -4.76. The molecule has 0 aromatic carbocycles. The number of ether oxygens (including phenoxy) is 1. The average Bonchev–Trinajstić information content (AvgIpc) is 3.23. The van der Waals surface area contributed by atoms with Crippen molar-refractivity contribution in [2.45, 2.75) is 81.3 Å². The van der Waals surface area contributed by atoms with Crippen LogP contribution in [0.5, 0.6) is 0 Å². The third-order valence-corrected chi connectivity index (χ3v) is 7.53. The number of phosphoric ester groups is 1. The molecular weight excluding hydrogens is 417 g/mol. The van der Waals surface area contributed by atoms with Gasteiger partial charge in [0.25, 0.3) is 0 Å². The first-order valence-corrected chi connectivity index (χ1v) is 11.9. The normalized spacial score (nSPS) is 44.2. The fourth-order valence-electron chi connectivity index (χ4n) is 5.56. The summed E-state index contributed by atoms with van der Waals surface area (Å²) in [5.41, 5.74) is 4.66. The smallest absolute Gasteiger partial charge is 0.387 e. The zero-order chi connectivity index (χ0) is 21.7. The quantitative estimate of drug-likeness (QED) is 0.309. The lowest BCUT2D eigenvalue weighted by atomic mass is 9.66. The number of rotatable bonds is 4. The van der Waals surface area contributed by atoms with E-state index in [0.717, 1.165) is 32.1 Å². The van der Waals surface area contributed by atoms with Crippen molar-refractivity contribution in [2.75, 3.05) is 6.61 Å². The molecule has 0 aromatic rings. The van der Waals surface area contributed by atoms with Crippen molar-refractivity contribution in [1.82, 2.24) is 4.90 Å². The molecule has 0 spiro atoms. The number of phosphoric acid groups is 1. The zero-order valence-electron chi connectivity index (χ0n) is 16.6. The van der Waals surface area contributed by atoms with Crippen molar-refractivity contribution >= 4 is 13.7 Å². The highest BCUT2D eigenvalue weighted by atomic mass is 31.2. The van der Waals surface area contributed by atoms with Crippen LogP contribution in [0.4, 0.5) is 0 Å². The van der Waals surface area contributed by atoms with E-state index in [1.54, 1.807) is 11.1 Å². The van der Waals surface area contributed by atoms with Gasteiger partial charge in [-0.05, 0) is 19.0 Å². The van der Waals surface area contributed by atoms with Crippen LogP contribution in [-0.4, -0.2) is 78.8 Å². The molecule has 1 saturated heterocycles. The molecule has 3 aliphatic heterocycles. The van der Waals surface area contributed by atoms with Gasteiger partial charge >= 0.3 is 7.82 Å². The maximum atomic E-state index is 11.0. The summed E-state index contributed by atoms with van der Waals surface area (Å²) in [7, 11) is -4.76. The summed E-state index contributed by atoms with van der Waals surface area (Å²) >= 11 is 0. The van der Waals surface area contributed by atoms with Crippen LogP contribution >= 0.6 is 7.82 Å². The zero-order valence-corrected chi connectivity index (χ0v) is 17.5. The van der Waals surface area contributed by atoms with Gasteiger partial charge in [0, 0.05) is 0 Å². The molecule has 7 atom stereocenters. The second-order valence-corrected chi connectivity index (χ2v) is 9.85. The third-order valence-electron chi connectivity index (χ3n) is 7.05. The first-order valence-electron chi connectivity index (χ1n) is 10.3. The lowest BCUT2D eigenvalue weighted by molar-refractivity contribution is -0.148. The highest BCUT2D eigenvalue weighted by Gasteiger charge is 2.68. The fourth-order valence-corrected chi connectivity index (χ4v) is 5.90. The van der Waals surface area contributed by atoms with Gasteiger partial charge in [-0.15, -0.1) is 0 Å². The Labute approximate surface area is 174 Å². The molecule has 2 fully saturated rings. The topological polar surface area (TPSA) is 178 Å². The third kappa shape index (κ3) is 3.32. The molecule has 7 unspecified atom stereocenters. The van der Waals surface area contributed by atoms with Gasteiger partial charge in [-0.1, -0.05) is 38.2 Å². The average molecular weight is 447 g/mol. The Morgan fingerprint density at radius 1 is 1.17 bits per heavy atom. The predicted molar refractivity (Wildman–Crippen MR) is 105 cm³/mol. The molecule has 7 N–H and O–H groups in total. The van der Waals surface area contributed by atoms with Gasteiger partial charge in [0.15, 0.2) is 12.5 Å². The summed E-state index contributed by atoms with van der Waals surface area (Å²) in [6.45, 7) is -0.587. The lowest BCUT2D eigenvalue weighted by Crippen LogP contribution is -2.64. The summed E-state index contributed by atoms with van der Waals surface area (Å²) in [6.07, 6.45) is 3.65. The number of aliphatic hydroxyl groups excluding tert-OH is 3. The van der Waals surface area contributed by atoms with Crippen molar-refractivity contribution < 1.29 is 38.9 Å². The van der Waals surface area contributed by atoms with Crippen LogP contribution in [0.1, 0.15) is 44.9 Å². The first kappa shape index (κ1) is 22.2. The molecule has 170 valence electrons. The van der Waals surface area contributed by atoms with Crippen LogP contribution in [0.2, 0.25) is 0 Å². The number of aliphatic hydroxyl groups is 3. The van der Waals surface area contributed by atoms with E-state index in [9.17, 15) is 19.9 Å². The SMILES string of the molecule is NC1=NC(O)C23CCCCCCCC12C=CN3C1OC(COP(=O)(O)O)C(O)C1O. The number of amidine groups is 1. The number of hydrogen-bond donors (Lipinski definition) is 6. The van der Waals surface area contributed by atoms with E-state index in [1.165, 1.54) is 0 Å². The van der Waals surface area contributed by atoms with Crippen molar-refractivity contribution in [1.29, 1.82) is 0 Å². The van der Waals surface area contributed by atoms with Gasteiger partial charge in [0.05, 0.1) is 12.0 Å². The lowest BCUT2D eigenvalue weighted by Gasteiger charge is -2.49. The monoisotopic (exact) mass is 447 g/mol. The van der Waals surface area contributed by atoms with Gasteiger partial charge in [0.2, 0.25) is 0 Å². The highest BCUT2D eigenvalue weighted by molar-refractivity contribution is 7.46. The Hall–Kier alpha value is -1.04. The van der Waals surface area contributed by atoms with Gasteiger partial charge in [-0.3, -0.25) is 4.52 Å². The summed E-state index contributed by atoms with van der Waals surface area (Å²) in [6, 6.07) is 0. The van der Waals surface area contributed by atoms with Crippen molar-refractivity contribution in [2.24, 2.45) is 16.1 Å². The second kappa shape index (κ2) is 7.83. The second-order valence-electron chi connectivity index (χ2n) is 8.61. The molecule has 0 aromatic heterocycles. The van der Waals surface area contributed by atoms with Crippen molar-refractivity contribution in [3.05, 3.63) is 12.3 Å². The maximum Gasteiger partial charge on any atom is 0.469 e. The van der Waals surface area contributed by atoms with Crippen LogP contribution in [0, 0.1) is 5.41 Å². The molecule has 30 heavy (non-hydrogen) atoms. The molecule has 0 bridgehead atoms. The first-order chi connectivity index (χ1) is 14.1. The Bertz CT molecular complexity index is 775. The highest BCUT2D eigenvalue weighted by Crippen LogP contribution is 2.57. The summed E-state index contributed by atoms with van der Waals surface area (Å²) in [5.74, 6) is 0.352. The molecule has 1 saturated carbocycles. The predicted octanol–water partition coefficient (Wildman–Crippen LogP) is -0.470. The standard InChI is InChI=1S/C18H30N3O8P/c19-15-17-6-4-2-1-3-5-7-18(17,16(24)20-15)21(9-8-17)14-13(23)12(22)11(29-14)10-28-30(25,26)27/h8-9,11-14,16,22-24H,1-7,10H2,(H2,19,20)(H2,25,26,27). The molecule has 4 aliphatic rings. The fraction of sp³-hybridized carbons (Fsp3) is 0.833. The maximum absolute atomic E-state index is 11.0. The molecule has 4 rings (SSSR count). The van der Waals surface area contributed by atoms with Crippen molar-refractivity contribution in [3.63, 3.8) is 0 Å². The number of nitrogens with zero attached hydrogens (tertiary/aromatic N) is 2. The van der Waals surface area contributed by atoms with E-state index in [-0.39, 0.29) is 0 Å². The number of nitrogens with two attached hydrogens (primary N) is 1. The summed E-state index contributed by atoms with van der Waals surface area (Å²) in [5, 5.41) is 32.2. The van der Waals surface area contributed by atoms with Crippen LogP contribution in [-0.2, 0) is 13.8 Å². The minimum absolute atomic E-state index is 0.352. The van der Waals surface area contributed by atoms with E-state index in [2.05, 4.69) is 9.52 Å². The van der Waals surface area contributed by atoms with E-state index in [1.807, 2.05) is 6.08 Å². The number of hydrogen-bond acceptors (Lipinski definition) is 9. The molecular formula is C18H30N3O8P. The van der Waals surface area contributed by atoms with Gasteiger partial charge in [-0.25, -0.2) is 9.56 Å². The van der Waals surface area contributed by atoms with Gasteiger partial charge in [0.1, 0.15) is 29.7 Å². The van der Waals surface area contributed by atoms with E-state index in [0.29, 0.717) is 18.7 Å². The van der Waals surface area contributed by atoms with Crippen LogP contribution in [0.15, 0.2) is 17.3 Å². The van der Waals surface area contributed by atoms with Gasteiger partial charge < -0.3 is 40.5 Å². The molecule has 3 heterocycles. The molecule has 1 aliphatic carbocycles. The van der Waals surface area contributed by atoms with E-state index >= 15 is 0 Å².